The van der Waals surface area contributed by atoms with Gasteiger partial charge in [0.05, 0.1) is 7.11 Å². The normalized spacial score (nSPS) is 21.6. The molecular weight excluding hydrogens is 256 g/mol. The van der Waals surface area contributed by atoms with Gasteiger partial charge >= 0.3 is 5.97 Å². The Bertz CT molecular complexity index is 568. The van der Waals surface area contributed by atoms with Gasteiger partial charge in [-0.25, -0.2) is 4.79 Å². The number of benzene rings is 1. The number of hydrogen-bond donors (Lipinski definition) is 1. The van der Waals surface area contributed by atoms with E-state index < -0.39 is 5.97 Å². The fourth-order valence-electron chi connectivity index (χ4n) is 3.26. The van der Waals surface area contributed by atoms with Gasteiger partial charge in [-0.1, -0.05) is 0 Å². The molecule has 1 aliphatic carbocycles. The molecule has 1 aliphatic heterocycles. The molecule has 1 fully saturated rings. The third-order valence-corrected chi connectivity index (χ3v) is 4.18. The minimum Gasteiger partial charge on any atom is -0.497 e. The smallest absolute Gasteiger partial charge is 0.328 e. The van der Waals surface area contributed by atoms with E-state index in [-0.39, 0.29) is 5.60 Å². The quantitative estimate of drug-likeness (QED) is 0.841. The predicted octanol–water partition coefficient (Wildman–Crippen LogP) is 3.26. The lowest BCUT2D eigenvalue weighted by molar-refractivity contribution is -0.131. The Morgan fingerprint density at radius 2 is 2.15 bits per heavy atom. The Morgan fingerprint density at radius 3 is 2.80 bits per heavy atom. The number of ether oxygens (including phenoxy) is 2. The number of hydrogen-bond acceptors (Lipinski definition) is 3. The van der Waals surface area contributed by atoms with Gasteiger partial charge in [-0.05, 0) is 49.5 Å². The third kappa shape index (κ3) is 2.26. The first-order valence-corrected chi connectivity index (χ1v) is 6.93. The van der Waals surface area contributed by atoms with Crippen molar-refractivity contribution in [3.05, 3.63) is 29.8 Å². The van der Waals surface area contributed by atoms with E-state index in [0.29, 0.717) is 12.2 Å². The molecule has 0 amide bonds. The van der Waals surface area contributed by atoms with Crippen molar-refractivity contribution in [2.75, 3.05) is 7.11 Å². The molecule has 4 nitrogen and oxygen atoms in total. The molecule has 20 heavy (non-hydrogen) atoms. The van der Waals surface area contributed by atoms with E-state index in [4.69, 9.17) is 14.6 Å². The average Bonchev–Trinajstić information content (AvgIpc) is 2.85. The molecule has 0 radical (unpaired) electrons. The lowest BCUT2D eigenvalue weighted by atomic mass is 9.85. The van der Waals surface area contributed by atoms with E-state index in [1.54, 1.807) is 7.11 Å². The molecule has 0 saturated heterocycles. The molecule has 1 aromatic rings. The highest BCUT2D eigenvalue weighted by Crippen LogP contribution is 2.48. The summed E-state index contributed by atoms with van der Waals surface area (Å²) < 4.78 is 11.4. The van der Waals surface area contributed by atoms with Crippen molar-refractivity contribution in [3.63, 3.8) is 0 Å². The van der Waals surface area contributed by atoms with Gasteiger partial charge in [-0.2, -0.15) is 0 Å². The summed E-state index contributed by atoms with van der Waals surface area (Å²) in [5.41, 5.74) is 1.46. The van der Waals surface area contributed by atoms with E-state index >= 15 is 0 Å². The van der Waals surface area contributed by atoms with Crippen LogP contribution in [0.1, 0.15) is 37.7 Å². The van der Waals surface area contributed by atoms with E-state index in [0.717, 1.165) is 42.6 Å². The van der Waals surface area contributed by atoms with E-state index in [1.807, 2.05) is 18.2 Å². The zero-order chi connectivity index (χ0) is 14.2. The molecule has 1 heterocycles. The van der Waals surface area contributed by atoms with Crippen LogP contribution in [0.3, 0.4) is 0 Å². The van der Waals surface area contributed by atoms with Crippen molar-refractivity contribution in [3.8, 4) is 11.5 Å². The zero-order valence-corrected chi connectivity index (χ0v) is 11.5. The topological polar surface area (TPSA) is 55.8 Å². The number of rotatable bonds is 2. The summed E-state index contributed by atoms with van der Waals surface area (Å²) in [6.07, 6.45) is 6.25. The van der Waals surface area contributed by atoms with Crippen LogP contribution in [0.4, 0.5) is 0 Å². The minimum absolute atomic E-state index is 0.205. The molecule has 1 saturated carbocycles. The van der Waals surface area contributed by atoms with Gasteiger partial charge in [0, 0.05) is 18.1 Å². The highest BCUT2D eigenvalue weighted by Gasteiger charge is 2.41. The number of aliphatic carboxylic acids is 1. The van der Waals surface area contributed by atoms with Gasteiger partial charge in [0.1, 0.15) is 17.1 Å². The summed E-state index contributed by atoms with van der Waals surface area (Å²) in [5.74, 6) is 0.571. The van der Waals surface area contributed by atoms with Crippen LogP contribution in [-0.2, 0) is 4.79 Å². The molecule has 0 bridgehead atoms. The van der Waals surface area contributed by atoms with Crippen molar-refractivity contribution in [1.29, 1.82) is 0 Å². The van der Waals surface area contributed by atoms with E-state index in [2.05, 4.69) is 0 Å². The van der Waals surface area contributed by atoms with Crippen LogP contribution in [-0.4, -0.2) is 23.8 Å². The van der Waals surface area contributed by atoms with Crippen molar-refractivity contribution < 1.29 is 19.4 Å². The maximum atomic E-state index is 11.1. The van der Waals surface area contributed by atoms with Gasteiger partial charge < -0.3 is 14.6 Å². The summed E-state index contributed by atoms with van der Waals surface area (Å²) in [6, 6.07) is 5.58. The summed E-state index contributed by atoms with van der Waals surface area (Å²) in [6.45, 7) is 0. The fraction of sp³-hybridized carbons (Fsp3) is 0.438. The van der Waals surface area contributed by atoms with Crippen molar-refractivity contribution in [1.82, 2.24) is 0 Å². The van der Waals surface area contributed by atoms with Crippen molar-refractivity contribution in [2.24, 2.45) is 0 Å². The summed E-state index contributed by atoms with van der Waals surface area (Å²) in [7, 11) is 1.60. The first kappa shape index (κ1) is 13.0. The number of fused-ring (bicyclic) bond motifs is 1. The van der Waals surface area contributed by atoms with Crippen molar-refractivity contribution in [2.45, 2.75) is 37.7 Å². The fourth-order valence-corrected chi connectivity index (χ4v) is 3.26. The average molecular weight is 274 g/mol. The van der Waals surface area contributed by atoms with Crippen LogP contribution in [0.15, 0.2) is 24.3 Å². The Hall–Kier alpha value is -1.97. The van der Waals surface area contributed by atoms with E-state index in [1.165, 1.54) is 6.08 Å². The van der Waals surface area contributed by atoms with Crippen LogP contribution < -0.4 is 9.47 Å². The Labute approximate surface area is 118 Å². The third-order valence-electron chi connectivity index (χ3n) is 4.18. The lowest BCUT2D eigenvalue weighted by Gasteiger charge is -2.37. The van der Waals surface area contributed by atoms with Gasteiger partial charge in [-0.3, -0.25) is 0 Å². The van der Waals surface area contributed by atoms with Gasteiger partial charge in [0.15, 0.2) is 0 Å². The van der Waals surface area contributed by atoms with Gasteiger partial charge in [0.2, 0.25) is 0 Å². The Kier molecular flexibility index (Phi) is 3.16. The van der Waals surface area contributed by atoms with E-state index in [9.17, 15) is 4.79 Å². The lowest BCUT2D eigenvalue weighted by Crippen LogP contribution is -2.36. The molecule has 0 aromatic heterocycles. The SMILES string of the molecule is COc1ccc2c(c1)/C(=C/C(=O)O)CC1(CCCC1)O2. The molecule has 0 atom stereocenters. The number of carbonyl (C=O) groups is 1. The molecule has 1 spiro atoms. The standard InChI is InChI=1S/C16H18O4/c1-19-12-4-5-14-13(9-12)11(8-15(17)18)10-16(20-14)6-2-3-7-16/h4-5,8-9H,2-3,6-7,10H2,1H3,(H,17,18)/b11-8+. The molecule has 106 valence electrons. The maximum absolute atomic E-state index is 11.1. The molecule has 1 N–H and O–H groups in total. The van der Waals surface area contributed by atoms with Crippen LogP contribution >= 0.6 is 0 Å². The Morgan fingerprint density at radius 1 is 1.40 bits per heavy atom. The number of carboxylic acids is 1. The predicted molar refractivity (Wildman–Crippen MR) is 75.1 cm³/mol. The second-order valence-electron chi connectivity index (χ2n) is 5.54. The second-order valence-corrected chi connectivity index (χ2v) is 5.54. The zero-order valence-electron chi connectivity index (χ0n) is 11.5. The number of carboxylic acid groups (broad SMARTS) is 1. The first-order valence-electron chi connectivity index (χ1n) is 6.93. The maximum Gasteiger partial charge on any atom is 0.328 e. The molecule has 1 aromatic carbocycles. The summed E-state index contributed by atoms with van der Waals surface area (Å²) in [5, 5.41) is 9.10. The highest BCUT2D eigenvalue weighted by atomic mass is 16.5. The minimum atomic E-state index is -0.913. The Balaban J connectivity index is 2.07. The molecule has 4 heteroatoms. The molecule has 0 unspecified atom stereocenters. The summed E-state index contributed by atoms with van der Waals surface area (Å²) in [4.78, 5) is 11.1. The first-order chi connectivity index (χ1) is 9.62. The van der Waals surface area contributed by atoms with Crippen LogP contribution in [0.2, 0.25) is 0 Å². The largest absolute Gasteiger partial charge is 0.497 e. The van der Waals surface area contributed by atoms with Gasteiger partial charge in [0.25, 0.3) is 0 Å². The van der Waals surface area contributed by atoms with Crippen LogP contribution in [0.5, 0.6) is 11.5 Å². The van der Waals surface area contributed by atoms with Crippen LogP contribution in [0.25, 0.3) is 5.57 Å². The number of methoxy groups -OCH3 is 1. The molecular formula is C16H18O4. The van der Waals surface area contributed by atoms with Crippen LogP contribution in [0, 0.1) is 0 Å². The second kappa shape index (κ2) is 4.85. The van der Waals surface area contributed by atoms with Crippen molar-refractivity contribution >= 4 is 11.5 Å². The molecule has 3 rings (SSSR count). The molecule has 2 aliphatic rings. The van der Waals surface area contributed by atoms with Gasteiger partial charge in [-0.15, -0.1) is 0 Å². The highest BCUT2D eigenvalue weighted by molar-refractivity contribution is 5.92. The summed E-state index contributed by atoms with van der Waals surface area (Å²) >= 11 is 0. The monoisotopic (exact) mass is 274 g/mol.